The van der Waals surface area contributed by atoms with E-state index in [0.717, 1.165) is 51.8 Å². The van der Waals surface area contributed by atoms with Crippen molar-refractivity contribution in [1.29, 1.82) is 0 Å². The molecule has 0 atom stereocenters. The molecule has 0 saturated heterocycles. The van der Waals surface area contributed by atoms with Gasteiger partial charge in [0.15, 0.2) is 5.78 Å². The van der Waals surface area contributed by atoms with Crippen LogP contribution < -0.4 is 15.9 Å². The smallest absolute Gasteiger partial charge is 0.267 e. The molecule has 0 unspecified atom stereocenters. The molecule has 212 valence electrons. The number of para-hydroxylation sites is 1. The second-order valence-corrected chi connectivity index (χ2v) is 14.0. The maximum absolute atomic E-state index is 15.5. The van der Waals surface area contributed by atoms with Gasteiger partial charge >= 0.3 is 0 Å². The fourth-order valence-corrected chi connectivity index (χ4v) is 10.4. The lowest BCUT2D eigenvalue weighted by molar-refractivity contribution is 0.0972. The van der Waals surface area contributed by atoms with Crippen LogP contribution in [-0.2, 0) is 6.42 Å². The number of benzene rings is 5. The molecule has 3 nitrogen and oxygen atoms in total. The minimum absolute atomic E-state index is 0.241. The van der Waals surface area contributed by atoms with Crippen LogP contribution in [0.4, 0.5) is 0 Å². The highest BCUT2D eigenvalue weighted by Crippen LogP contribution is 2.47. The number of Topliss-reactive ketones (excluding diaryl/α,β-unsaturated/α-hetero) is 1. The Hall–Kier alpha value is -4.72. The number of carbonyl (C=O) groups excluding carboxylic acids is 2. The number of aromatic nitrogens is 1. The first-order valence-electron chi connectivity index (χ1n) is 14.8. The number of rotatable bonds is 9. The molecule has 5 aromatic carbocycles. The molecule has 0 aliphatic carbocycles. The number of hydrogen-bond donors (Lipinski definition) is 0. The molecule has 6 rings (SSSR count). The Bertz CT molecular complexity index is 1820. The first-order chi connectivity index (χ1) is 21.2. The molecular formula is C39H34NO2P. The number of carbonyl (C=O) groups is 2. The maximum Gasteiger partial charge on any atom is 0.267 e. The summed E-state index contributed by atoms with van der Waals surface area (Å²) in [6.45, 7) is -0.854. The summed E-state index contributed by atoms with van der Waals surface area (Å²) in [5.41, 5.74) is 2.26. The van der Waals surface area contributed by atoms with Crippen molar-refractivity contribution in [3.05, 3.63) is 163 Å². The van der Waals surface area contributed by atoms with Crippen LogP contribution in [0, 0.1) is 0 Å². The van der Waals surface area contributed by atoms with Crippen molar-refractivity contribution >= 4 is 50.7 Å². The second-order valence-electron chi connectivity index (χ2n) is 10.7. The van der Waals surface area contributed by atoms with E-state index in [-0.39, 0.29) is 11.7 Å². The summed E-state index contributed by atoms with van der Waals surface area (Å²) in [6, 6.07) is 49.8. The summed E-state index contributed by atoms with van der Waals surface area (Å²) < 4.78 is 1.82. The van der Waals surface area contributed by atoms with Gasteiger partial charge in [-0.1, -0.05) is 153 Å². The number of unbranched alkanes of at least 4 members (excludes halogenated alkanes) is 1. The predicted octanol–water partition coefficient (Wildman–Crippen LogP) is 7.67. The van der Waals surface area contributed by atoms with E-state index in [1.807, 2.05) is 114 Å². The zero-order valence-electron chi connectivity index (χ0n) is 24.3. The lowest BCUT2D eigenvalue weighted by Gasteiger charge is -2.32. The fraction of sp³-hybridized carbons (Fsp3) is 0.103. The van der Waals surface area contributed by atoms with Crippen LogP contribution in [0.1, 0.15) is 40.6 Å². The fourth-order valence-electron chi connectivity index (χ4n) is 6.01. The van der Waals surface area contributed by atoms with Gasteiger partial charge in [0.1, 0.15) is 0 Å². The Morgan fingerprint density at radius 1 is 0.605 bits per heavy atom. The molecule has 4 heteroatoms. The van der Waals surface area contributed by atoms with Crippen LogP contribution >= 0.6 is 6.89 Å². The Morgan fingerprint density at radius 3 is 1.58 bits per heavy atom. The lowest BCUT2D eigenvalue weighted by Crippen LogP contribution is -2.40. The highest BCUT2D eigenvalue weighted by molar-refractivity contribution is 7.97. The zero-order valence-corrected chi connectivity index (χ0v) is 25.2. The van der Waals surface area contributed by atoms with Gasteiger partial charge in [-0.05, 0) is 47.8 Å². The summed E-state index contributed by atoms with van der Waals surface area (Å²) in [5.74, 6) is -0.499. The van der Waals surface area contributed by atoms with Crippen molar-refractivity contribution in [3.63, 3.8) is 0 Å². The molecule has 0 spiro atoms. The predicted molar refractivity (Wildman–Crippen MR) is 182 cm³/mol. The van der Waals surface area contributed by atoms with E-state index in [0.29, 0.717) is 10.9 Å². The topological polar surface area (TPSA) is 39.1 Å². The SMILES string of the molecule is CCCCc1cc2ccccc2n1C(=O)C(C(=O)c1ccccc1)=P(c1ccccc1)(c1ccccc1)c1ccccc1. The minimum Gasteiger partial charge on any atom is -0.288 e. The quantitative estimate of drug-likeness (QED) is 0.100. The molecule has 1 aromatic heterocycles. The Labute approximate surface area is 253 Å². The highest BCUT2D eigenvalue weighted by Gasteiger charge is 2.38. The lowest BCUT2D eigenvalue weighted by atomic mass is 10.1. The minimum atomic E-state index is -3.01. The Morgan fingerprint density at radius 2 is 1.07 bits per heavy atom. The van der Waals surface area contributed by atoms with E-state index in [9.17, 15) is 0 Å². The van der Waals surface area contributed by atoms with Crippen LogP contribution in [0.2, 0.25) is 0 Å². The van der Waals surface area contributed by atoms with Gasteiger partial charge in [0.25, 0.3) is 5.91 Å². The van der Waals surface area contributed by atoms with E-state index < -0.39 is 6.89 Å². The molecule has 0 bridgehead atoms. The van der Waals surface area contributed by atoms with Crippen molar-refractivity contribution in [2.75, 3.05) is 0 Å². The molecule has 0 radical (unpaired) electrons. The normalized spacial score (nSPS) is 11.4. The first kappa shape index (κ1) is 28.4. The van der Waals surface area contributed by atoms with Crippen LogP contribution in [0.15, 0.2) is 152 Å². The van der Waals surface area contributed by atoms with Crippen molar-refractivity contribution in [1.82, 2.24) is 4.57 Å². The van der Waals surface area contributed by atoms with Gasteiger partial charge in [-0.2, -0.15) is 0 Å². The van der Waals surface area contributed by atoms with Gasteiger partial charge < -0.3 is 0 Å². The van der Waals surface area contributed by atoms with Gasteiger partial charge in [0, 0.05) is 16.6 Å². The first-order valence-corrected chi connectivity index (χ1v) is 16.6. The largest absolute Gasteiger partial charge is 0.288 e. The van der Waals surface area contributed by atoms with Gasteiger partial charge in [0.2, 0.25) is 0 Å². The van der Waals surface area contributed by atoms with E-state index in [2.05, 4.69) is 49.4 Å². The Kier molecular flexibility index (Phi) is 8.36. The number of aryl methyl sites for hydroxylation is 1. The third-order valence-electron chi connectivity index (χ3n) is 8.00. The molecule has 43 heavy (non-hydrogen) atoms. The van der Waals surface area contributed by atoms with E-state index >= 15 is 9.59 Å². The number of nitrogens with zero attached hydrogens (tertiary/aromatic N) is 1. The average Bonchev–Trinajstić information content (AvgIpc) is 3.45. The van der Waals surface area contributed by atoms with E-state index in [1.54, 1.807) is 0 Å². The molecule has 0 aliphatic heterocycles. The highest BCUT2D eigenvalue weighted by atomic mass is 31.2. The molecule has 0 amide bonds. The average molecular weight is 580 g/mol. The van der Waals surface area contributed by atoms with Gasteiger partial charge in [-0.3, -0.25) is 14.2 Å². The monoisotopic (exact) mass is 579 g/mol. The van der Waals surface area contributed by atoms with Gasteiger partial charge in [-0.25, -0.2) is 0 Å². The van der Waals surface area contributed by atoms with Gasteiger partial charge in [-0.15, -0.1) is 0 Å². The van der Waals surface area contributed by atoms with Crippen molar-refractivity contribution in [3.8, 4) is 0 Å². The van der Waals surface area contributed by atoms with Crippen LogP contribution in [0.3, 0.4) is 0 Å². The number of hydrogen-bond acceptors (Lipinski definition) is 2. The standard InChI is InChI=1S/C39H34NO2P/c1-2-3-21-32-29-31-20-16-17-28-36(31)40(32)39(42)38(37(41)30-18-8-4-9-19-30)43(33-22-10-5-11-23-33,34-24-12-6-13-25-34)35-26-14-7-15-27-35/h4-20,22-29H,2-3,21H2,1H3. The number of ketones is 1. The van der Waals surface area contributed by atoms with Crippen LogP contribution in [0.5, 0.6) is 0 Å². The van der Waals surface area contributed by atoms with E-state index in [1.165, 1.54) is 0 Å². The van der Waals surface area contributed by atoms with Crippen molar-refractivity contribution < 1.29 is 9.59 Å². The molecule has 1 heterocycles. The molecular weight excluding hydrogens is 545 g/mol. The van der Waals surface area contributed by atoms with E-state index in [4.69, 9.17) is 0 Å². The summed E-state index contributed by atoms with van der Waals surface area (Å²) in [6.07, 6.45) is 2.70. The summed E-state index contributed by atoms with van der Waals surface area (Å²) >= 11 is 0. The summed E-state index contributed by atoms with van der Waals surface area (Å²) in [7, 11) is 0. The molecule has 0 aliphatic rings. The molecule has 6 aromatic rings. The van der Waals surface area contributed by atoms with Gasteiger partial charge in [0.05, 0.1) is 10.8 Å². The van der Waals surface area contributed by atoms with Crippen LogP contribution in [0.25, 0.3) is 10.9 Å². The third kappa shape index (κ3) is 5.22. The Balaban J connectivity index is 1.84. The summed E-state index contributed by atoms with van der Waals surface area (Å²) in [5, 5.41) is 4.20. The van der Waals surface area contributed by atoms with Crippen molar-refractivity contribution in [2.45, 2.75) is 26.2 Å². The van der Waals surface area contributed by atoms with Crippen LogP contribution in [-0.4, -0.2) is 21.6 Å². The maximum atomic E-state index is 15.5. The molecule has 0 N–H and O–H groups in total. The molecule has 0 fully saturated rings. The third-order valence-corrected chi connectivity index (χ3v) is 12.3. The zero-order chi connectivity index (χ0) is 29.6. The summed E-state index contributed by atoms with van der Waals surface area (Å²) in [4.78, 5) is 30.6. The number of fused-ring (bicyclic) bond motifs is 1. The second kappa shape index (κ2) is 12.7. The van der Waals surface area contributed by atoms with Crippen molar-refractivity contribution in [2.24, 2.45) is 0 Å². The molecule has 0 saturated carbocycles.